The van der Waals surface area contributed by atoms with E-state index in [-0.39, 0.29) is 17.7 Å². The highest BCUT2D eigenvalue weighted by Crippen LogP contribution is 2.22. The maximum atomic E-state index is 12.4. The molecule has 1 heterocycles. The minimum atomic E-state index is -2.89. The summed E-state index contributed by atoms with van der Waals surface area (Å²) in [6.45, 7) is 2.27. The first-order valence-corrected chi connectivity index (χ1v) is 8.22. The lowest BCUT2D eigenvalue weighted by Gasteiger charge is -2.35. The number of ether oxygens (including phenoxy) is 1. The molecular formula is C18H24F2N2O2. The van der Waals surface area contributed by atoms with E-state index in [2.05, 4.69) is 16.6 Å². The van der Waals surface area contributed by atoms with Crippen molar-refractivity contribution in [3.63, 3.8) is 0 Å². The molecule has 0 bridgehead atoms. The molecule has 1 saturated heterocycles. The number of likely N-dealkylation sites (tertiary alicyclic amines) is 1. The van der Waals surface area contributed by atoms with E-state index in [9.17, 15) is 13.6 Å². The van der Waals surface area contributed by atoms with Crippen molar-refractivity contribution >= 4 is 12.0 Å². The smallest absolute Gasteiger partial charge is 0.387 e. The molecule has 132 valence electrons. The number of para-hydroxylation sites is 1. The first kappa shape index (κ1) is 18.4. The van der Waals surface area contributed by atoms with Gasteiger partial charge in [0.2, 0.25) is 5.91 Å². The maximum absolute atomic E-state index is 12.4. The number of carbonyl (C=O) groups excluding carboxylic acids is 1. The number of likely N-dealkylation sites (N-methyl/N-ethyl adjacent to an activating group) is 1. The van der Waals surface area contributed by atoms with Crippen molar-refractivity contribution < 1.29 is 18.3 Å². The van der Waals surface area contributed by atoms with Gasteiger partial charge in [-0.15, -0.1) is 0 Å². The number of amides is 1. The number of nitrogens with zero attached hydrogens (tertiary/aromatic N) is 2. The van der Waals surface area contributed by atoms with Gasteiger partial charge < -0.3 is 14.5 Å². The molecule has 1 aromatic rings. The van der Waals surface area contributed by atoms with Gasteiger partial charge in [-0.05, 0) is 31.5 Å². The molecule has 1 amide bonds. The van der Waals surface area contributed by atoms with Crippen molar-refractivity contribution in [1.82, 2.24) is 9.80 Å². The number of benzene rings is 1. The normalized spacial score (nSPS) is 16.7. The highest BCUT2D eigenvalue weighted by molar-refractivity contribution is 5.92. The third kappa shape index (κ3) is 5.03. The van der Waals surface area contributed by atoms with Crippen LogP contribution in [0, 0.1) is 0 Å². The standard InChI is InChI=1S/C18H24F2N2O2/c1-3-22-12-10-15(11-13-22)21(2)17(23)9-8-14-6-4-5-7-16(14)24-18(19)20/h4-9,15,18H,3,10-13H2,1-2H3/b9-8+. The predicted octanol–water partition coefficient (Wildman–Crippen LogP) is 3.24. The highest BCUT2D eigenvalue weighted by Gasteiger charge is 2.23. The summed E-state index contributed by atoms with van der Waals surface area (Å²) in [4.78, 5) is 16.4. The Morgan fingerprint density at radius 1 is 1.38 bits per heavy atom. The van der Waals surface area contributed by atoms with Crippen LogP contribution in [-0.4, -0.2) is 55.0 Å². The number of alkyl halides is 2. The van der Waals surface area contributed by atoms with Gasteiger partial charge in [-0.3, -0.25) is 4.79 Å². The van der Waals surface area contributed by atoms with Gasteiger partial charge in [0.05, 0.1) is 0 Å². The van der Waals surface area contributed by atoms with Gasteiger partial charge >= 0.3 is 6.61 Å². The molecule has 0 aromatic heterocycles. The van der Waals surface area contributed by atoms with Crippen molar-refractivity contribution in [1.29, 1.82) is 0 Å². The van der Waals surface area contributed by atoms with Crippen LogP contribution in [0.3, 0.4) is 0 Å². The van der Waals surface area contributed by atoms with Crippen molar-refractivity contribution in [3.05, 3.63) is 35.9 Å². The number of hydrogen-bond acceptors (Lipinski definition) is 3. The molecule has 0 unspecified atom stereocenters. The van der Waals surface area contributed by atoms with Crippen molar-refractivity contribution in [2.75, 3.05) is 26.7 Å². The quantitative estimate of drug-likeness (QED) is 0.747. The fourth-order valence-electron chi connectivity index (χ4n) is 2.90. The van der Waals surface area contributed by atoms with E-state index in [0.717, 1.165) is 32.5 Å². The SMILES string of the molecule is CCN1CCC(N(C)C(=O)/C=C/c2ccccc2OC(F)F)CC1. The minimum Gasteiger partial charge on any atom is -0.434 e. The number of halogens is 2. The fraction of sp³-hybridized carbons (Fsp3) is 0.500. The highest BCUT2D eigenvalue weighted by atomic mass is 19.3. The topological polar surface area (TPSA) is 32.8 Å². The molecular weight excluding hydrogens is 314 g/mol. The summed E-state index contributed by atoms with van der Waals surface area (Å²) < 4.78 is 29.3. The summed E-state index contributed by atoms with van der Waals surface area (Å²) in [5, 5.41) is 0. The zero-order chi connectivity index (χ0) is 17.5. The number of rotatable bonds is 6. The Bertz CT molecular complexity index is 570. The van der Waals surface area contributed by atoms with E-state index >= 15 is 0 Å². The van der Waals surface area contributed by atoms with Crippen molar-refractivity contribution in [2.45, 2.75) is 32.4 Å². The summed E-state index contributed by atoms with van der Waals surface area (Å²) in [5.41, 5.74) is 0.459. The Morgan fingerprint density at radius 3 is 2.67 bits per heavy atom. The van der Waals surface area contributed by atoms with Gasteiger partial charge in [0.1, 0.15) is 5.75 Å². The van der Waals surface area contributed by atoms with E-state index in [4.69, 9.17) is 0 Å². The molecule has 24 heavy (non-hydrogen) atoms. The van der Waals surface area contributed by atoms with E-state index < -0.39 is 6.61 Å². The van der Waals surface area contributed by atoms with Gasteiger partial charge in [0, 0.05) is 37.8 Å². The number of carbonyl (C=O) groups is 1. The zero-order valence-corrected chi connectivity index (χ0v) is 14.1. The lowest BCUT2D eigenvalue weighted by atomic mass is 10.0. The zero-order valence-electron chi connectivity index (χ0n) is 14.1. The molecule has 0 atom stereocenters. The Hall–Kier alpha value is -1.95. The Labute approximate surface area is 141 Å². The average Bonchev–Trinajstić information content (AvgIpc) is 2.59. The Balaban J connectivity index is 1.97. The molecule has 6 heteroatoms. The molecule has 0 radical (unpaired) electrons. The van der Waals surface area contributed by atoms with E-state index in [1.54, 1.807) is 30.1 Å². The summed E-state index contributed by atoms with van der Waals surface area (Å²) in [5.74, 6) is -0.0627. The third-order valence-corrected chi connectivity index (χ3v) is 4.44. The lowest BCUT2D eigenvalue weighted by Crippen LogP contribution is -2.45. The first-order valence-electron chi connectivity index (χ1n) is 8.22. The van der Waals surface area contributed by atoms with E-state index in [0.29, 0.717) is 5.56 Å². The molecule has 1 aromatic carbocycles. The van der Waals surface area contributed by atoms with Gasteiger partial charge in [0.15, 0.2) is 0 Å². The summed E-state index contributed by atoms with van der Waals surface area (Å²) in [6, 6.07) is 6.65. The molecule has 1 aliphatic rings. The van der Waals surface area contributed by atoms with Crippen LogP contribution in [0.25, 0.3) is 6.08 Å². The van der Waals surface area contributed by atoms with Crippen LogP contribution in [0.4, 0.5) is 8.78 Å². The summed E-state index contributed by atoms with van der Waals surface area (Å²) in [7, 11) is 1.79. The van der Waals surface area contributed by atoms with E-state index in [1.807, 2.05) is 0 Å². The first-order chi connectivity index (χ1) is 11.5. The Kier molecular flexibility index (Phi) is 6.73. The molecule has 0 aliphatic carbocycles. The monoisotopic (exact) mass is 338 g/mol. The molecule has 4 nitrogen and oxygen atoms in total. The van der Waals surface area contributed by atoms with Gasteiger partial charge in [-0.2, -0.15) is 8.78 Å². The minimum absolute atomic E-state index is 0.0652. The second-order valence-electron chi connectivity index (χ2n) is 5.86. The fourth-order valence-corrected chi connectivity index (χ4v) is 2.90. The lowest BCUT2D eigenvalue weighted by molar-refractivity contribution is -0.127. The largest absolute Gasteiger partial charge is 0.434 e. The summed E-state index contributed by atoms with van der Waals surface area (Å²) >= 11 is 0. The van der Waals surface area contributed by atoms with Crippen LogP contribution in [0.15, 0.2) is 30.3 Å². The summed E-state index contributed by atoms with van der Waals surface area (Å²) in [6.07, 6.45) is 4.85. The molecule has 0 saturated carbocycles. The molecule has 0 N–H and O–H groups in total. The molecule has 0 spiro atoms. The van der Waals surface area contributed by atoms with Crippen LogP contribution in [0.5, 0.6) is 5.75 Å². The Morgan fingerprint density at radius 2 is 2.04 bits per heavy atom. The average molecular weight is 338 g/mol. The molecule has 1 fully saturated rings. The molecule has 1 aliphatic heterocycles. The molecule has 2 rings (SSSR count). The number of hydrogen-bond donors (Lipinski definition) is 0. The van der Waals surface area contributed by atoms with Gasteiger partial charge in [0.25, 0.3) is 0 Å². The van der Waals surface area contributed by atoms with Gasteiger partial charge in [-0.1, -0.05) is 25.1 Å². The van der Waals surface area contributed by atoms with Crippen molar-refractivity contribution in [3.8, 4) is 5.75 Å². The second kappa shape index (κ2) is 8.78. The maximum Gasteiger partial charge on any atom is 0.387 e. The van der Waals surface area contributed by atoms with Crippen LogP contribution >= 0.6 is 0 Å². The van der Waals surface area contributed by atoms with Crippen LogP contribution in [-0.2, 0) is 4.79 Å². The second-order valence-corrected chi connectivity index (χ2v) is 5.86. The van der Waals surface area contributed by atoms with Crippen molar-refractivity contribution in [2.24, 2.45) is 0 Å². The van der Waals surface area contributed by atoms with Crippen LogP contribution in [0.2, 0.25) is 0 Å². The van der Waals surface area contributed by atoms with Gasteiger partial charge in [-0.25, -0.2) is 0 Å². The third-order valence-electron chi connectivity index (χ3n) is 4.44. The van der Waals surface area contributed by atoms with E-state index in [1.165, 1.54) is 18.2 Å². The predicted molar refractivity (Wildman–Crippen MR) is 90.0 cm³/mol. The van der Waals surface area contributed by atoms with Crippen LogP contribution < -0.4 is 4.74 Å². The van der Waals surface area contributed by atoms with Crippen LogP contribution in [0.1, 0.15) is 25.3 Å². The number of piperidine rings is 1.